The van der Waals surface area contributed by atoms with E-state index in [-0.39, 0.29) is 56.6 Å². The Labute approximate surface area is 497 Å². The van der Waals surface area contributed by atoms with Crippen molar-refractivity contribution in [2.45, 2.75) is 163 Å². The summed E-state index contributed by atoms with van der Waals surface area (Å²) in [5, 5.41) is 11.7. The number of benzene rings is 4. The zero-order valence-electron chi connectivity index (χ0n) is 52.7. The van der Waals surface area contributed by atoms with Gasteiger partial charge < -0.3 is 54.1 Å². The van der Waals surface area contributed by atoms with Gasteiger partial charge in [-0.1, -0.05) is 12.1 Å². The lowest BCUT2D eigenvalue weighted by Gasteiger charge is -2.30. The van der Waals surface area contributed by atoms with Crippen molar-refractivity contribution in [1.29, 1.82) is 0 Å². The van der Waals surface area contributed by atoms with E-state index in [1.807, 2.05) is 48.5 Å². The van der Waals surface area contributed by atoms with E-state index in [0.717, 1.165) is 63.1 Å². The lowest BCUT2D eigenvalue weighted by atomic mass is 9.93. The number of carboxylic acids is 1. The molecule has 6 rings (SSSR count). The maximum Gasteiger partial charge on any atom is 0.475 e. The topological polar surface area (TPSA) is 256 Å². The fourth-order valence-corrected chi connectivity index (χ4v) is 12.9. The van der Waals surface area contributed by atoms with Crippen molar-refractivity contribution in [3.8, 4) is 68.2 Å². The number of nitrogens with two attached hydrogens (primary N) is 1. The van der Waals surface area contributed by atoms with Crippen LogP contribution in [-0.2, 0) is 58.7 Å². The van der Waals surface area contributed by atoms with Gasteiger partial charge in [-0.2, -0.15) is 0 Å². The first-order valence-electron chi connectivity index (χ1n) is 27.9. The minimum Gasteiger partial charge on any atom is -0.497 e. The Morgan fingerprint density at radius 2 is 0.988 bits per heavy atom. The first kappa shape index (κ1) is 70.9. The molecule has 4 aromatic carbocycles. The third-order valence-electron chi connectivity index (χ3n) is 12.5. The molecule has 23 heteroatoms. The molecule has 470 valence electrons. The molecule has 0 saturated carbocycles. The van der Waals surface area contributed by atoms with Crippen LogP contribution in [0.3, 0.4) is 0 Å². The van der Waals surface area contributed by atoms with E-state index in [1.165, 1.54) is 0 Å². The number of carbonyl (C=O) groups is 2. The zero-order valence-corrected chi connectivity index (χ0v) is 54.5. The van der Waals surface area contributed by atoms with Crippen LogP contribution in [0, 0.1) is 0 Å². The number of phosphoric acid groups is 2. The summed E-state index contributed by atoms with van der Waals surface area (Å²) >= 11 is 0. The van der Waals surface area contributed by atoms with Gasteiger partial charge in [-0.05, 0) is 184 Å². The van der Waals surface area contributed by atoms with E-state index >= 15 is 0 Å². The number of ether oxygens (including phenoxy) is 8. The molecular weight excluding hydrogens is 1130 g/mol. The summed E-state index contributed by atoms with van der Waals surface area (Å²) in [6.07, 6.45) is 3.38. The second-order valence-electron chi connectivity index (χ2n) is 23.0. The molecule has 21 nitrogen and oxygen atoms in total. The lowest BCUT2D eigenvalue weighted by molar-refractivity contribution is -0.137. The number of amides is 1. The molecular formula is C61H92N2O19P2. The highest BCUT2D eigenvalue weighted by molar-refractivity contribution is 7.48. The molecule has 4 N–H and O–H groups in total. The smallest absolute Gasteiger partial charge is 0.475 e. The summed E-state index contributed by atoms with van der Waals surface area (Å²) in [6.45, 7) is 19.4. The van der Waals surface area contributed by atoms with Crippen molar-refractivity contribution < 1.29 is 88.9 Å². The van der Waals surface area contributed by atoms with Crippen molar-refractivity contribution >= 4 is 27.5 Å². The van der Waals surface area contributed by atoms with Crippen molar-refractivity contribution in [3.63, 3.8) is 0 Å². The SMILES string of the molecule is CC(C)OP(=O)(OCCCC(=O)O)OC(C)(C)C.COc1ccc2c(c1)[C@@H](N)CCc1cc(OC)c(OC)c(OC)c1-2.COc1ccc2c(c1)[C@@H](NC(=O)CCCOP(=O)(OC(C)(C)C)OC(C)(C)C)CCc1cc(OC)c(OC)c(OC)c1-2. The molecule has 0 fully saturated rings. The van der Waals surface area contributed by atoms with E-state index in [4.69, 9.17) is 75.9 Å². The van der Waals surface area contributed by atoms with Crippen molar-refractivity contribution in [3.05, 3.63) is 70.8 Å². The summed E-state index contributed by atoms with van der Waals surface area (Å²) in [5.74, 6) is 3.98. The maximum atomic E-state index is 13.3. The van der Waals surface area contributed by atoms with Crippen LogP contribution < -0.4 is 48.9 Å². The number of methoxy groups -OCH3 is 8. The fraction of sp³-hybridized carbons (Fsp3) is 0.574. The van der Waals surface area contributed by atoms with Crippen molar-refractivity contribution in [2.75, 3.05) is 70.1 Å². The second kappa shape index (κ2) is 31.2. The number of nitrogens with one attached hydrogen (secondary N) is 1. The summed E-state index contributed by atoms with van der Waals surface area (Å²) in [5.41, 5.74) is 12.3. The molecule has 2 aliphatic carbocycles. The number of hydrogen-bond acceptors (Lipinski definition) is 19. The monoisotopic (exact) mass is 1220 g/mol. The Bertz CT molecular complexity index is 2910. The summed E-state index contributed by atoms with van der Waals surface area (Å²) in [7, 11) is 5.43. The van der Waals surface area contributed by atoms with Crippen LogP contribution in [-0.4, -0.2) is 110 Å². The number of aliphatic carboxylic acids is 1. The lowest BCUT2D eigenvalue weighted by Crippen LogP contribution is -2.29. The predicted octanol–water partition coefficient (Wildman–Crippen LogP) is 13.6. The minimum absolute atomic E-state index is 0.0202. The molecule has 0 aliphatic heterocycles. The molecule has 0 radical (unpaired) electrons. The summed E-state index contributed by atoms with van der Waals surface area (Å²) < 4.78 is 103. The van der Waals surface area contributed by atoms with E-state index in [2.05, 4.69) is 5.32 Å². The average Bonchev–Trinajstić information content (AvgIpc) is 1.65. The number of hydrogen-bond donors (Lipinski definition) is 3. The third-order valence-corrected chi connectivity index (χ3v) is 16.5. The molecule has 1 unspecified atom stereocenters. The van der Waals surface area contributed by atoms with Crippen LogP contribution in [0.2, 0.25) is 0 Å². The highest BCUT2D eigenvalue weighted by Crippen LogP contribution is 2.57. The number of aryl methyl sites for hydroxylation is 2. The Kier molecular flexibility index (Phi) is 26.3. The summed E-state index contributed by atoms with van der Waals surface area (Å²) in [6, 6.07) is 15.4. The molecule has 1 amide bonds. The molecule has 2 aliphatic rings. The van der Waals surface area contributed by atoms with Gasteiger partial charge in [0.2, 0.25) is 17.4 Å². The highest BCUT2D eigenvalue weighted by Gasteiger charge is 2.38. The van der Waals surface area contributed by atoms with Crippen LogP contribution in [0.5, 0.6) is 46.0 Å². The van der Waals surface area contributed by atoms with Gasteiger partial charge in [0.15, 0.2) is 23.0 Å². The quantitative estimate of drug-likeness (QED) is 0.0435. The van der Waals surface area contributed by atoms with Gasteiger partial charge in [-0.3, -0.25) is 36.7 Å². The Morgan fingerprint density at radius 1 is 0.571 bits per heavy atom. The number of carboxylic acid groups (broad SMARTS) is 1. The van der Waals surface area contributed by atoms with Gasteiger partial charge in [-0.15, -0.1) is 0 Å². The third kappa shape index (κ3) is 20.5. The molecule has 84 heavy (non-hydrogen) atoms. The van der Waals surface area contributed by atoms with Gasteiger partial charge in [0, 0.05) is 30.0 Å². The van der Waals surface area contributed by atoms with Crippen LogP contribution in [0.25, 0.3) is 22.3 Å². The van der Waals surface area contributed by atoms with Gasteiger partial charge in [0.1, 0.15) is 11.5 Å². The van der Waals surface area contributed by atoms with Gasteiger partial charge in [0.05, 0.1) is 99.0 Å². The first-order chi connectivity index (χ1) is 39.3. The van der Waals surface area contributed by atoms with Gasteiger partial charge >= 0.3 is 21.6 Å². The van der Waals surface area contributed by atoms with Crippen molar-refractivity contribution in [1.82, 2.24) is 5.32 Å². The normalized spacial score (nSPS) is 15.5. The number of phosphoric ester groups is 2. The standard InChI is InChI=1S/C31H46NO9P.C19H23NO4.C11H23O6P/c1-30(2,3)40-42(34,41-31(4,5)6)39-17-11-12-26(33)32-24-16-13-20-18-25(36-8)28(37-9)29(38-10)27(20)22-15-14-21(35-7)19-23(22)24;1-21-12-6-7-13-14(10-12)15(20)8-5-11-9-16(22-2)18(23-3)19(24-4)17(11)13;1-9(2)16-18(14,17-11(3,4)5)15-8-6-7-10(12)13/h14-15,18-19,24H,11-13,16-17H2,1-10H3,(H,32,33);6-7,9-10,15H,5,8,20H2,1-4H3;9H,6-8H2,1-5H3,(H,12,13)/t24-;15-;/m00./s1. The molecule has 0 spiro atoms. The molecule has 3 atom stereocenters. The second-order valence-corrected chi connectivity index (χ2v) is 26.1. The number of fused-ring (bicyclic) bond motifs is 6. The number of carbonyl (C=O) groups excluding carboxylic acids is 1. The van der Waals surface area contributed by atoms with Crippen LogP contribution in [0.4, 0.5) is 0 Å². The van der Waals surface area contributed by atoms with E-state index in [9.17, 15) is 18.7 Å². The largest absolute Gasteiger partial charge is 0.497 e. The molecule has 0 bridgehead atoms. The predicted molar refractivity (Wildman–Crippen MR) is 323 cm³/mol. The first-order valence-corrected chi connectivity index (χ1v) is 30.8. The van der Waals surface area contributed by atoms with Crippen molar-refractivity contribution in [2.24, 2.45) is 5.73 Å². The maximum absolute atomic E-state index is 13.3. The van der Waals surface area contributed by atoms with E-state index in [1.54, 1.807) is 133 Å². The molecule has 4 aromatic rings. The molecule has 0 saturated heterocycles. The molecule has 0 aromatic heterocycles. The van der Waals surface area contributed by atoms with E-state index in [0.29, 0.717) is 59.5 Å². The average molecular weight is 1220 g/mol. The zero-order chi connectivity index (χ0) is 63.0. The highest BCUT2D eigenvalue weighted by atomic mass is 31.2. The Morgan fingerprint density at radius 3 is 1.40 bits per heavy atom. The molecule has 0 heterocycles. The van der Waals surface area contributed by atoms with Crippen LogP contribution >= 0.6 is 15.6 Å². The Hall–Kier alpha value is -5.60. The van der Waals surface area contributed by atoms with Gasteiger partial charge in [0.25, 0.3) is 0 Å². The Balaban J connectivity index is 0.000000303. The fourth-order valence-electron chi connectivity index (χ4n) is 9.35. The van der Waals surface area contributed by atoms with Crippen LogP contribution in [0.1, 0.15) is 149 Å². The number of rotatable bonds is 24. The van der Waals surface area contributed by atoms with Crippen LogP contribution in [0.15, 0.2) is 48.5 Å². The minimum atomic E-state index is -3.85. The van der Waals surface area contributed by atoms with Gasteiger partial charge in [-0.25, -0.2) is 9.13 Å². The van der Waals surface area contributed by atoms with E-state index < -0.39 is 38.4 Å². The summed E-state index contributed by atoms with van der Waals surface area (Å²) in [4.78, 5) is 23.5.